The Hall–Kier alpha value is -0.880. The van der Waals surface area contributed by atoms with Gasteiger partial charge in [0.05, 0.1) is 0 Å². The molecule has 0 saturated carbocycles. The molecular formula is C15H19BrN2OS. The lowest BCUT2D eigenvalue weighted by molar-refractivity contribution is 0.232. The first-order valence-corrected chi connectivity index (χ1v) is 8.18. The molecule has 0 bridgehead atoms. The van der Waals surface area contributed by atoms with Crippen molar-refractivity contribution in [1.29, 1.82) is 0 Å². The summed E-state index contributed by atoms with van der Waals surface area (Å²) < 4.78 is 6.97. The molecule has 20 heavy (non-hydrogen) atoms. The summed E-state index contributed by atoms with van der Waals surface area (Å²) in [5.41, 5.74) is 6.75. The maximum absolute atomic E-state index is 5.81. The van der Waals surface area contributed by atoms with Gasteiger partial charge in [0.2, 0.25) is 0 Å². The van der Waals surface area contributed by atoms with Crippen LogP contribution in [0.3, 0.4) is 0 Å². The van der Waals surface area contributed by atoms with Crippen LogP contribution < -0.4 is 10.5 Å². The molecule has 0 aliphatic rings. The number of benzene rings is 1. The van der Waals surface area contributed by atoms with Gasteiger partial charge in [-0.3, -0.25) is 4.90 Å². The summed E-state index contributed by atoms with van der Waals surface area (Å²) in [6.07, 6.45) is 0. The molecule has 0 radical (unpaired) electrons. The van der Waals surface area contributed by atoms with Crippen molar-refractivity contribution in [3.05, 3.63) is 50.6 Å². The molecule has 0 fully saturated rings. The molecule has 2 aromatic rings. The Bertz CT molecular complexity index is 544. The summed E-state index contributed by atoms with van der Waals surface area (Å²) in [5.74, 6) is 0.891. The normalized spacial score (nSPS) is 11.0. The Morgan fingerprint density at radius 1 is 1.35 bits per heavy atom. The van der Waals surface area contributed by atoms with Crippen LogP contribution in [0.2, 0.25) is 0 Å². The van der Waals surface area contributed by atoms with Crippen LogP contribution in [-0.4, -0.2) is 25.1 Å². The molecule has 5 heteroatoms. The number of nitrogens with two attached hydrogens (primary N) is 1. The Kier molecular flexibility index (Phi) is 6.04. The van der Waals surface area contributed by atoms with Gasteiger partial charge < -0.3 is 10.5 Å². The van der Waals surface area contributed by atoms with Gasteiger partial charge in [-0.15, -0.1) is 11.3 Å². The zero-order chi connectivity index (χ0) is 14.4. The molecule has 0 aliphatic carbocycles. The minimum Gasteiger partial charge on any atom is -0.492 e. The highest BCUT2D eigenvalue weighted by atomic mass is 79.9. The van der Waals surface area contributed by atoms with Gasteiger partial charge >= 0.3 is 0 Å². The number of halogens is 1. The molecule has 0 saturated heterocycles. The first-order chi connectivity index (χ1) is 9.69. The van der Waals surface area contributed by atoms with Gasteiger partial charge in [-0.2, -0.15) is 0 Å². The summed E-state index contributed by atoms with van der Waals surface area (Å²) in [6.45, 7) is 3.00. The molecule has 2 N–H and O–H groups in total. The van der Waals surface area contributed by atoms with Crippen LogP contribution in [0.1, 0.15) is 10.4 Å². The van der Waals surface area contributed by atoms with E-state index in [4.69, 9.17) is 10.5 Å². The second-order valence-corrected chi connectivity index (χ2v) is 6.54. The molecule has 0 unspecified atom stereocenters. The maximum atomic E-state index is 5.81. The van der Waals surface area contributed by atoms with Crippen LogP contribution in [0, 0.1) is 0 Å². The van der Waals surface area contributed by atoms with Gasteiger partial charge in [0.1, 0.15) is 12.4 Å². The summed E-state index contributed by atoms with van der Waals surface area (Å²) in [5, 5.41) is 2.11. The molecule has 0 spiro atoms. The van der Waals surface area contributed by atoms with E-state index in [9.17, 15) is 0 Å². The Morgan fingerprint density at radius 2 is 2.15 bits per heavy atom. The Balaban J connectivity index is 1.77. The number of likely N-dealkylation sites (N-methyl/N-ethyl adjacent to an activating group) is 1. The van der Waals surface area contributed by atoms with Crippen LogP contribution >= 0.6 is 27.3 Å². The van der Waals surface area contributed by atoms with Gasteiger partial charge in [0.15, 0.2) is 0 Å². The van der Waals surface area contributed by atoms with Crippen molar-refractivity contribution >= 4 is 27.3 Å². The first-order valence-electron chi connectivity index (χ1n) is 6.51. The lowest BCUT2D eigenvalue weighted by Crippen LogP contribution is -2.23. The van der Waals surface area contributed by atoms with Gasteiger partial charge in [-0.25, -0.2) is 0 Å². The van der Waals surface area contributed by atoms with Crippen molar-refractivity contribution < 1.29 is 4.74 Å². The average Bonchev–Trinajstić information content (AvgIpc) is 2.84. The van der Waals surface area contributed by atoms with Gasteiger partial charge in [-0.1, -0.05) is 18.2 Å². The van der Waals surface area contributed by atoms with Crippen molar-refractivity contribution in [1.82, 2.24) is 4.90 Å². The van der Waals surface area contributed by atoms with Crippen molar-refractivity contribution in [2.75, 3.05) is 20.2 Å². The van der Waals surface area contributed by atoms with E-state index in [0.29, 0.717) is 13.2 Å². The van der Waals surface area contributed by atoms with E-state index in [1.54, 1.807) is 11.3 Å². The van der Waals surface area contributed by atoms with Gasteiger partial charge in [0.25, 0.3) is 0 Å². The molecule has 0 atom stereocenters. The number of thiophene rings is 1. The van der Waals surface area contributed by atoms with Gasteiger partial charge in [0, 0.05) is 39.9 Å². The third-order valence-corrected chi connectivity index (χ3v) is 4.65. The molecule has 108 valence electrons. The van der Waals surface area contributed by atoms with E-state index in [1.165, 1.54) is 4.88 Å². The predicted molar refractivity (Wildman–Crippen MR) is 88.2 cm³/mol. The molecule has 1 heterocycles. The number of ether oxygens (including phenoxy) is 1. The number of nitrogens with zero attached hydrogens (tertiary/aromatic N) is 1. The van der Waals surface area contributed by atoms with E-state index < -0.39 is 0 Å². The van der Waals surface area contributed by atoms with Crippen LogP contribution in [0.5, 0.6) is 5.75 Å². The van der Waals surface area contributed by atoms with Crippen LogP contribution in [0.25, 0.3) is 0 Å². The summed E-state index contributed by atoms with van der Waals surface area (Å²) in [6, 6.07) is 10.1. The molecule has 0 aliphatic heterocycles. The fourth-order valence-electron chi connectivity index (χ4n) is 1.91. The molecule has 1 aromatic carbocycles. The minimum absolute atomic E-state index is 0.509. The number of rotatable bonds is 7. The number of hydrogen-bond donors (Lipinski definition) is 1. The van der Waals surface area contributed by atoms with Crippen molar-refractivity contribution in [3.8, 4) is 5.75 Å². The monoisotopic (exact) mass is 354 g/mol. The SMILES string of the molecule is CN(CCOc1ccccc1CN)Cc1cc(Br)cs1. The molecule has 3 nitrogen and oxygen atoms in total. The van der Waals surface area contributed by atoms with Crippen molar-refractivity contribution in [2.24, 2.45) is 5.73 Å². The quantitative estimate of drug-likeness (QED) is 0.827. The molecule has 2 rings (SSSR count). The maximum Gasteiger partial charge on any atom is 0.123 e. The van der Waals surface area contributed by atoms with E-state index in [2.05, 4.69) is 39.3 Å². The number of para-hydroxylation sites is 1. The van der Waals surface area contributed by atoms with Crippen molar-refractivity contribution in [3.63, 3.8) is 0 Å². The lowest BCUT2D eigenvalue weighted by Gasteiger charge is -2.17. The summed E-state index contributed by atoms with van der Waals surface area (Å²) in [4.78, 5) is 3.60. The summed E-state index contributed by atoms with van der Waals surface area (Å²) >= 11 is 5.24. The zero-order valence-electron chi connectivity index (χ0n) is 11.5. The highest BCUT2D eigenvalue weighted by Crippen LogP contribution is 2.21. The number of hydrogen-bond acceptors (Lipinski definition) is 4. The van der Waals surface area contributed by atoms with Crippen LogP contribution in [0.15, 0.2) is 40.2 Å². The topological polar surface area (TPSA) is 38.5 Å². The van der Waals surface area contributed by atoms with E-state index in [1.807, 2.05) is 24.3 Å². The predicted octanol–water partition coefficient (Wildman–Crippen LogP) is 3.48. The summed E-state index contributed by atoms with van der Waals surface area (Å²) in [7, 11) is 2.10. The highest BCUT2D eigenvalue weighted by Gasteiger charge is 2.05. The second-order valence-electron chi connectivity index (χ2n) is 4.63. The smallest absolute Gasteiger partial charge is 0.123 e. The van der Waals surface area contributed by atoms with E-state index in [0.717, 1.165) is 28.9 Å². The Labute approximate surface area is 132 Å². The molecule has 1 aromatic heterocycles. The first kappa shape index (κ1) is 15.5. The standard InChI is InChI=1S/C15H19BrN2OS/c1-18(10-14-8-13(16)11-20-14)6-7-19-15-5-3-2-4-12(15)9-17/h2-5,8,11H,6-7,9-10,17H2,1H3. The average molecular weight is 355 g/mol. The van der Waals surface area contributed by atoms with E-state index in [-0.39, 0.29) is 0 Å². The molecular weight excluding hydrogens is 336 g/mol. The van der Waals surface area contributed by atoms with Crippen LogP contribution in [-0.2, 0) is 13.1 Å². The highest BCUT2D eigenvalue weighted by molar-refractivity contribution is 9.10. The lowest BCUT2D eigenvalue weighted by atomic mass is 10.2. The fourth-order valence-corrected chi connectivity index (χ4v) is 3.44. The third-order valence-electron chi connectivity index (χ3n) is 2.97. The minimum atomic E-state index is 0.509. The van der Waals surface area contributed by atoms with Gasteiger partial charge in [-0.05, 0) is 35.1 Å². The largest absolute Gasteiger partial charge is 0.492 e. The van der Waals surface area contributed by atoms with Crippen LogP contribution in [0.4, 0.5) is 0 Å². The zero-order valence-corrected chi connectivity index (χ0v) is 13.9. The fraction of sp³-hybridized carbons (Fsp3) is 0.333. The Morgan fingerprint density at radius 3 is 2.85 bits per heavy atom. The second kappa shape index (κ2) is 7.78. The van der Waals surface area contributed by atoms with E-state index >= 15 is 0 Å². The molecule has 0 amide bonds. The van der Waals surface area contributed by atoms with Crippen molar-refractivity contribution in [2.45, 2.75) is 13.1 Å². The third kappa shape index (κ3) is 4.59.